The first-order valence-electron chi connectivity index (χ1n) is 18.3. The van der Waals surface area contributed by atoms with E-state index in [1.54, 1.807) is 0 Å². The van der Waals surface area contributed by atoms with Gasteiger partial charge in [-0.25, -0.2) is 0 Å². The third kappa shape index (κ3) is 8.43. The average molecular weight is 691 g/mol. The quantitative estimate of drug-likeness (QED) is 0.111. The first-order valence-corrected chi connectivity index (χ1v) is 18.3. The third-order valence-corrected chi connectivity index (χ3v) is 10.0. The summed E-state index contributed by atoms with van der Waals surface area (Å²) in [5.41, 5.74) is 1.80. The Labute approximate surface area is 295 Å². The fourth-order valence-electron chi connectivity index (χ4n) is 7.12. The average Bonchev–Trinajstić information content (AvgIpc) is 3.67. The van der Waals surface area contributed by atoms with Crippen molar-refractivity contribution in [3.05, 3.63) is 82.2 Å². The predicted molar refractivity (Wildman–Crippen MR) is 198 cm³/mol. The smallest absolute Gasteiger partial charge is 0.416 e. The Morgan fingerprint density at radius 3 is 2.16 bits per heavy atom. The van der Waals surface area contributed by atoms with Gasteiger partial charge in [0.25, 0.3) is 0 Å². The Kier molecular flexibility index (Phi) is 11.8. The van der Waals surface area contributed by atoms with Crippen molar-refractivity contribution in [2.45, 2.75) is 117 Å². The zero-order valence-corrected chi connectivity index (χ0v) is 30.2. The fraction of sp³-hybridized carbons (Fsp3) is 0.512. The van der Waals surface area contributed by atoms with Crippen LogP contribution >= 0.6 is 0 Å². The van der Waals surface area contributed by atoms with Gasteiger partial charge in [0.2, 0.25) is 0 Å². The van der Waals surface area contributed by atoms with E-state index < -0.39 is 18.0 Å². The number of nitrogens with one attached hydrogen (secondary N) is 3. The number of aliphatic hydroxyl groups excluding tert-OH is 1. The highest BCUT2D eigenvalue weighted by Gasteiger charge is 2.37. The van der Waals surface area contributed by atoms with Crippen molar-refractivity contribution >= 4 is 28.0 Å². The van der Waals surface area contributed by atoms with Crippen molar-refractivity contribution in [3.63, 3.8) is 0 Å². The van der Waals surface area contributed by atoms with Crippen LogP contribution in [-0.2, 0) is 5.41 Å². The molecule has 0 bridgehead atoms. The second-order valence-electron chi connectivity index (χ2n) is 14.9. The highest BCUT2D eigenvalue weighted by molar-refractivity contribution is 6.28. The lowest BCUT2D eigenvalue weighted by atomic mass is 9.82. The molecule has 0 amide bonds. The predicted octanol–water partition coefficient (Wildman–Crippen LogP) is 10.3. The van der Waals surface area contributed by atoms with Crippen LogP contribution in [0.1, 0.15) is 121 Å². The van der Waals surface area contributed by atoms with E-state index in [9.17, 15) is 18.3 Å². The number of rotatable bonds is 15. The number of hydrogen-bond acceptors (Lipinski definition) is 5. The maximum Gasteiger partial charge on any atom is 0.416 e. The summed E-state index contributed by atoms with van der Waals surface area (Å²) in [5, 5.41) is 32.9. The first kappa shape index (κ1) is 37.6. The molecule has 2 aromatic carbocycles. The van der Waals surface area contributed by atoms with Crippen LogP contribution in [0.4, 0.5) is 13.2 Å². The summed E-state index contributed by atoms with van der Waals surface area (Å²) in [7, 11) is 0. The zero-order valence-electron chi connectivity index (χ0n) is 30.2. The van der Waals surface area contributed by atoms with Gasteiger partial charge in [-0.2, -0.15) is 13.2 Å². The first-order chi connectivity index (χ1) is 23.7. The molecule has 2 atom stereocenters. The van der Waals surface area contributed by atoms with Crippen molar-refractivity contribution in [3.8, 4) is 5.75 Å². The Hall–Kier alpha value is -3.69. The number of alkyl halides is 3. The molecular formula is C41H53F3N4O2. The van der Waals surface area contributed by atoms with Gasteiger partial charge in [-0.05, 0) is 78.0 Å². The molecule has 0 spiro atoms. The van der Waals surface area contributed by atoms with Crippen LogP contribution in [0.3, 0.4) is 0 Å². The summed E-state index contributed by atoms with van der Waals surface area (Å²) in [6.07, 6.45) is 12.9. The second-order valence-corrected chi connectivity index (χ2v) is 14.9. The molecule has 1 heterocycles. The number of unbranched alkanes of at least 4 members (excludes halogenated alkanes) is 6. The van der Waals surface area contributed by atoms with E-state index in [1.165, 1.54) is 31.8 Å². The topological polar surface area (TPSA) is 92.4 Å². The molecule has 0 fully saturated rings. The molecule has 2 unspecified atom stereocenters. The summed E-state index contributed by atoms with van der Waals surface area (Å²) >= 11 is 0. The SMILES string of the molecule is CCCCCCN(CCCCCC)C(O)C1C=CC(Oc2cc(C(C)(C)C)cc3cc4c(c(C5=CC(C(F)(F)F)=CC5)c23)C(=N)NC4=N)=CC1. The Balaban J connectivity index is 1.49. The van der Waals surface area contributed by atoms with Gasteiger partial charge in [0.1, 0.15) is 29.4 Å². The van der Waals surface area contributed by atoms with Crippen LogP contribution in [0.25, 0.3) is 16.3 Å². The van der Waals surface area contributed by atoms with Crippen molar-refractivity contribution in [1.29, 1.82) is 10.8 Å². The number of ether oxygens (including phenoxy) is 1. The largest absolute Gasteiger partial charge is 0.457 e. The molecule has 9 heteroatoms. The van der Waals surface area contributed by atoms with E-state index in [-0.39, 0.29) is 29.4 Å². The van der Waals surface area contributed by atoms with Crippen LogP contribution in [0.5, 0.6) is 5.75 Å². The number of benzene rings is 2. The molecule has 1 aliphatic heterocycles. The minimum absolute atomic E-state index is 0.0170. The molecule has 2 aromatic rings. The molecule has 0 aromatic heterocycles. The molecule has 270 valence electrons. The summed E-state index contributed by atoms with van der Waals surface area (Å²) < 4.78 is 48.1. The molecule has 2 aliphatic carbocycles. The normalized spacial score (nSPS) is 18.4. The number of fused-ring (bicyclic) bond motifs is 2. The van der Waals surface area contributed by atoms with Gasteiger partial charge in [0.05, 0.1) is 5.57 Å². The molecule has 5 rings (SSSR count). The van der Waals surface area contributed by atoms with Crippen molar-refractivity contribution in [1.82, 2.24) is 10.2 Å². The molecule has 50 heavy (non-hydrogen) atoms. The molecule has 0 saturated heterocycles. The lowest BCUT2D eigenvalue weighted by Gasteiger charge is -2.33. The third-order valence-electron chi connectivity index (χ3n) is 10.0. The van der Waals surface area contributed by atoms with Gasteiger partial charge in [0.15, 0.2) is 0 Å². The van der Waals surface area contributed by atoms with E-state index in [0.717, 1.165) is 55.8 Å². The van der Waals surface area contributed by atoms with Crippen LogP contribution in [0.15, 0.2) is 59.9 Å². The Morgan fingerprint density at radius 2 is 1.60 bits per heavy atom. The van der Waals surface area contributed by atoms with Crippen LogP contribution in [-0.4, -0.2) is 47.2 Å². The molecular weight excluding hydrogens is 637 g/mol. The Bertz CT molecular complexity index is 1720. The highest BCUT2D eigenvalue weighted by atomic mass is 19.4. The van der Waals surface area contributed by atoms with Gasteiger partial charge in [-0.1, -0.05) is 91.4 Å². The maximum absolute atomic E-state index is 13.8. The highest BCUT2D eigenvalue weighted by Crippen LogP contribution is 2.46. The summed E-state index contributed by atoms with van der Waals surface area (Å²) in [6.45, 7) is 12.4. The van der Waals surface area contributed by atoms with E-state index >= 15 is 0 Å². The summed E-state index contributed by atoms with van der Waals surface area (Å²) in [4.78, 5) is 2.23. The molecule has 0 saturated carbocycles. The van der Waals surface area contributed by atoms with Gasteiger partial charge in [0, 0.05) is 41.1 Å². The van der Waals surface area contributed by atoms with Crippen molar-refractivity contribution in [2.75, 3.05) is 13.1 Å². The molecule has 4 N–H and O–H groups in total. The number of aliphatic hydroxyl groups is 1. The van der Waals surface area contributed by atoms with Gasteiger partial charge in [-0.3, -0.25) is 15.7 Å². The monoisotopic (exact) mass is 690 g/mol. The van der Waals surface area contributed by atoms with Gasteiger partial charge in [-0.15, -0.1) is 0 Å². The summed E-state index contributed by atoms with van der Waals surface area (Å²) in [6, 6.07) is 5.81. The van der Waals surface area contributed by atoms with E-state index in [0.29, 0.717) is 45.6 Å². The van der Waals surface area contributed by atoms with Gasteiger partial charge >= 0.3 is 6.18 Å². The lowest BCUT2D eigenvalue weighted by molar-refractivity contribution is -0.0880. The van der Waals surface area contributed by atoms with Gasteiger partial charge < -0.3 is 15.2 Å². The molecule has 6 nitrogen and oxygen atoms in total. The van der Waals surface area contributed by atoms with Crippen molar-refractivity contribution in [2.24, 2.45) is 5.92 Å². The van der Waals surface area contributed by atoms with E-state index in [2.05, 4.69) is 44.8 Å². The van der Waals surface area contributed by atoms with Crippen LogP contribution in [0.2, 0.25) is 0 Å². The number of halogens is 3. The maximum atomic E-state index is 13.8. The van der Waals surface area contributed by atoms with Crippen molar-refractivity contribution < 1.29 is 23.0 Å². The van der Waals surface area contributed by atoms with Crippen LogP contribution < -0.4 is 10.1 Å². The Morgan fingerprint density at radius 1 is 0.920 bits per heavy atom. The van der Waals surface area contributed by atoms with Crippen LogP contribution in [0, 0.1) is 16.7 Å². The standard InChI is InChI=1S/C41H53F3N4O2/c1-6-8-10-12-20-48(21-13-11-9-7-2)39(49)26-15-18-31(19-16-26)50-33-25-30(40(3,4)5)23-28-24-32-36(38(46)47-37(32)45)35(34(28)33)27-14-17-29(22-27)41(42,43)44/h15,17-19,22-26,39,49H,6-14,16,20-21H2,1-5H3,(H3,45,46,47). The fourth-order valence-corrected chi connectivity index (χ4v) is 7.12. The lowest BCUT2D eigenvalue weighted by Crippen LogP contribution is -2.41. The van der Waals surface area contributed by atoms with E-state index in [1.807, 2.05) is 36.4 Å². The molecule has 0 radical (unpaired) electrons. The number of nitrogens with zero attached hydrogens (tertiary/aromatic N) is 1. The minimum atomic E-state index is -4.49. The van der Waals surface area contributed by atoms with E-state index in [4.69, 9.17) is 15.6 Å². The summed E-state index contributed by atoms with van der Waals surface area (Å²) in [5.74, 6) is 1.02. The number of allylic oxidation sites excluding steroid dienone is 6. The zero-order chi connectivity index (χ0) is 36.2. The minimum Gasteiger partial charge on any atom is -0.457 e. The number of amidine groups is 2. The second kappa shape index (κ2) is 15.7. The molecule has 3 aliphatic rings. The number of hydrogen-bond donors (Lipinski definition) is 4.